The van der Waals surface area contributed by atoms with Crippen molar-refractivity contribution in [2.45, 2.75) is 12.8 Å². The summed E-state index contributed by atoms with van der Waals surface area (Å²) in [5, 5.41) is 2.79. The minimum absolute atomic E-state index is 0.108. The molecule has 3 amide bonds. The van der Waals surface area contributed by atoms with Crippen molar-refractivity contribution in [3.05, 3.63) is 60.4 Å². The molecule has 0 aromatic heterocycles. The fourth-order valence-corrected chi connectivity index (χ4v) is 3.86. The zero-order valence-electron chi connectivity index (χ0n) is 14.3. The Kier molecular flexibility index (Phi) is 4.11. The molecule has 1 unspecified atom stereocenters. The number of carbonyl (C=O) groups is 2. The molecule has 6 heteroatoms. The Morgan fingerprint density at radius 2 is 1.77 bits per heavy atom. The van der Waals surface area contributed by atoms with Crippen molar-refractivity contribution in [3.8, 4) is 0 Å². The standard InChI is InChI=1S/C20H20FN3O2/c21-15-6-8-16(9-7-15)22-19(26)23-11-10-20(13-23)12-18(25)24(14-20)17-4-2-1-3-5-17/h1-9H,10-14H2,(H,22,26). The van der Waals surface area contributed by atoms with E-state index in [-0.39, 0.29) is 23.2 Å². The summed E-state index contributed by atoms with van der Waals surface area (Å²) >= 11 is 0. The van der Waals surface area contributed by atoms with Gasteiger partial charge in [-0.15, -0.1) is 0 Å². The monoisotopic (exact) mass is 353 g/mol. The van der Waals surface area contributed by atoms with E-state index >= 15 is 0 Å². The molecule has 2 saturated heterocycles. The Balaban J connectivity index is 1.42. The van der Waals surface area contributed by atoms with E-state index in [0.717, 1.165) is 12.1 Å². The highest BCUT2D eigenvalue weighted by Crippen LogP contribution is 2.41. The summed E-state index contributed by atoms with van der Waals surface area (Å²) in [7, 11) is 0. The Hall–Kier alpha value is -2.89. The van der Waals surface area contributed by atoms with Gasteiger partial charge in [0.2, 0.25) is 5.91 Å². The number of anilines is 2. The van der Waals surface area contributed by atoms with E-state index in [2.05, 4.69) is 5.32 Å². The number of amides is 3. The maximum Gasteiger partial charge on any atom is 0.321 e. The Bertz CT molecular complexity index is 825. The number of carbonyl (C=O) groups excluding carboxylic acids is 2. The highest BCUT2D eigenvalue weighted by atomic mass is 19.1. The third-order valence-electron chi connectivity index (χ3n) is 5.21. The predicted molar refractivity (Wildman–Crippen MR) is 97.5 cm³/mol. The van der Waals surface area contributed by atoms with Crippen molar-refractivity contribution in [3.63, 3.8) is 0 Å². The van der Waals surface area contributed by atoms with Crippen molar-refractivity contribution in [2.24, 2.45) is 5.41 Å². The van der Waals surface area contributed by atoms with Gasteiger partial charge >= 0.3 is 6.03 Å². The Labute approximate surface area is 151 Å². The second-order valence-corrected chi connectivity index (χ2v) is 7.10. The molecular formula is C20H20FN3O2. The average Bonchev–Trinajstić information content (AvgIpc) is 3.21. The van der Waals surface area contributed by atoms with Crippen molar-refractivity contribution in [1.29, 1.82) is 0 Å². The molecule has 2 aliphatic heterocycles. The van der Waals surface area contributed by atoms with E-state index in [9.17, 15) is 14.0 Å². The van der Waals surface area contributed by atoms with Crippen LogP contribution in [0.25, 0.3) is 0 Å². The van der Waals surface area contributed by atoms with Crippen molar-refractivity contribution in [1.82, 2.24) is 4.90 Å². The summed E-state index contributed by atoms with van der Waals surface area (Å²) in [6.07, 6.45) is 1.27. The number of benzene rings is 2. The molecule has 1 N–H and O–H groups in total. The molecule has 0 radical (unpaired) electrons. The van der Waals surface area contributed by atoms with Gasteiger partial charge in [-0.1, -0.05) is 18.2 Å². The molecule has 2 aromatic carbocycles. The van der Waals surface area contributed by atoms with Gasteiger partial charge in [0, 0.05) is 42.8 Å². The van der Waals surface area contributed by atoms with Crippen LogP contribution in [0, 0.1) is 11.2 Å². The second kappa shape index (κ2) is 6.44. The van der Waals surface area contributed by atoms with Gasteiger partial charge in [-0.05, 0) is 42.8 Å². The van der Waals surface area contributed by atoms with Crippen molar-refractivity contribution < 1.29 is 14.0 Å². The number of rotatable bonds is 2. The van der Waals surface area contributed by atoms with Crippen LogP contribution in [0.1, 0.15) is 12.8 Å². The molecule has 0 bridgehead atoms. The first-order valence-electron chi connectivity index (χ1n) is 8.72. The highest BCUT2D eigenvalue weighted by molar-refractivity contribution is 5.97. The summed E-state index contributed by atoms with van der Waals surface area (Å²) in [6.45, 7) is 1.80. The van der Waals surface area contributed by atoms with Gasteiger partial charge in [-0.2, -0.15) is 0 Å². The summed E-state index contributed by atoms with van der Waals surface area (Å²) < 4.78 is 13.0. The van der Waals surface area contributed by atoms with Crippen molar-refractivity contribution >= 4 is 23.3 Å². The van der Waals surface area contributed by atoms with Gasteiger partial charge in [0.1, 0.15) is 5.82 Å². The molecule has 4 rings (SSSR count). The fourth-order valence-electron chi connectivity index (χ4n) is 3.86. The summed E-state index contributed by atoms with van der Waals surface area (Å²) in [5.74, 6) is -0.231. The lowest BCUT2D eigenvalue weighted by molar-refractivity contribution is -0.117. The third kappa shape index (κ3) is 3.14. The summed E-state index contributed by atoms with van der Waals surface area (Å²) in [4.78, 5) is 28.6. The molecule has 2 aliphatic rings. The van der Waals surface area contributed by atoms with Gasteiger partial charge in [0.15, 0.2) is 0 Å². The predicted octanol–water partition coefficient (Wildman–Crippen LogP) is 3.49. The Morgan fingerprint density at radius 1 is 1.04 bits per heavy atom. The van der Waals surface area contributed by atoms with Crippen LogP contribution in [-0.4, -0.2) is 36.5 Å². The lowest BCUT2D eigenvalue weighted by atomic mass is 9.86. The number of hydrogen-bond acceptors (Lipinski definition) is 2. The molecule has 0 aliphatic carbocycles. The second-order valence-electron chi connectivity index (χ2n) is 7.10. The highest BCUT2D eigenvalue weighted by Gasteiger charge is 2.48. The van der Waals surface area contributed by atoms with Crippen LogP contribution in [0.3, 0.4) is 0 Å². The number of para-hydroxylation sites is 1. The third-order valence-corrected chi connectivity index (χ3v) is 5.21. The first kappa shape index (κ1) is 16.6. The largest absolute Gasteiger partial charge is 0.324 e. The number of likely N-dealkylation sites (tertiary alicyclic amines) is 1. The number of halogens is 1. The van der Waals surface area contributed by atoms with E-state index < -0.39 is 0 Å². The lowest BCUT2D eigenvalue weighted by Gasteiger charge is -2.24. The van der Waals surface area contributed by atoms with Crippen LogP contribution in [0.15, 0.2) is 54.6 Å². The first-order chi connectivity index (χ1) is 12.5. The molecule has 1 atom stereocenters. The van der Waals surface area contributed by atoms with Crippen LogP contribution in [0.4, 0.5) is 20.6 Å². The van der Waals surface area contributed by atoms with E-state index in [0.29, 0.717) is 31.7 Å². The maximum absolute atomic E-state index is 13.0. The van der Waals surface area contributed by atoms with Crippen LogP contribution < -0.4 is 10.2 Å². The SMILES string of the molecule is O=C(Nc1ccc(F)cc1)N1CCC2(CC(=O)N(c3ccccc3)C2)C1. The van der Waals surface area contributed by atoms with Crippen LogP contribution in [0.2, 0.25) is 0 Å². The molecule has 134 valence electrons. The topological polar surface area (TPSA) is 52.7 Å². The number of hydrogen-bond donors (Lipinski definition) is 1. The van der Waals surface area contributed by atoms with Gasteiger partial charge < -0.3 is 15.1 Å². The zero-order valence-corrected chi connectivity index (χ0v) is 14.3. The zero-order chi connectivity index (χ0) is 18.1. The van der Waals surface area contributed by atoms with Gasteiger partial charge in [-0.3, -0.25) is 4.79 Å². The van der Waals surface area contributed by atoms with Crippen LogP contribution in [0.5, 0.6) is 0 Å². The molecule has 1 spiro atoms. The van der Waals surface area contributed by atoms with E-state index in [1.165, 1.54) is 24.3 Å². The van der Waals surface area contributed by atoms with Crippen molar-refractivity contribution in [2.75, 3.05) is 29.9 Å². The van der Waals surface area contributed by atoms with E-state index in [1.807, 2.05) is 35.2 Å². The number of urea groups is 1. The maximum atomic E-state index is 13.0. The van der Waals surface area contributed by atoms with Gasteiger partial charge in [-0.25, -0.2) is 9.18 Å². The molecule has 5 nitrogen and oxygen atoms in total. The average molecular weight is 353 g/mol. The molecule has 0 saturated carbocycles. The lowest BCUT2D eigenvalue weighted by Crippen LogP contribution is -2.36. The minimum atomic E-state index is -0.339. The smallest absolute Gasteiger partial charge is 0.321 e. The quantitative estimate of drug-likeness (QED) is 0.899. The van der Waals surface area contributed by atoms with Gasteiger partial charge in [0.05, 0.1) is 0 Å². The molecule has 26 heavy (non-hydrogen) atoms. The normalized spacial score (nSPS) is 22.3. The molecule has 2 fully saturated rings. The molecule has 2 heterocycles. The van der Waals surface area contributed by atoms with Gasteiger partial charge in [0.25, 0.3) is 0 Å². The molecule has 2 aromatic rings. The first-order valence-corrected chi connectivity index (χ1v) is 8.72. The Morgan fingerprint density at radius 3 is 2.50 bits per heavy atom. The number of nitrogens with zero attached hydrogens (tertiary/aromatic N) is 2. The summed E-state index contributed by atoms with van der Waals surface area (Å²) in [5.41, 5.74) is 1.28. The van der Waals surface area contributed by atoms with Crippen LogP contribution >= 0.6 is 0 Å². The van der Waals surface area contributed by atoms with Crippen LogP contribution in [-0.2, 0) is 4.79 Å². The number of nitrogens with one attached hydrogen (secondary N) is 1. The van der Waals surface area contributed by atoms with E-state index in [4.69, 9.17) is 0 Å². The minimum Gasteiger partial charge on any atom is -0.324 e. The fraction of sp³-hybridized carbons (Fsp3) is 0.300. The summed E-state index contributed by atoms with van der Waals surface area (Å²) in [6, 6.07) is 15.1. The van der Waals surface area contributed by atoms with E-state index in [1.54, 1.807) is 4.90 Å². The molecular weight excluding hydrogens is 333 g/mol.